The smallest absolute Gasteiger partial charge is 0.323 e. The van der Waals surface area contributed by atoms with E-state index in [1.165, 1.54) is 12.8 Å². The van der Waals surface area contributed by atoms with Crippen molar-refractivity contribution in [3.8, 4) is 0 Å². The quantitative estimate of drug-likeness (QED) is 0.672. The first-order valence-electron chi connectivity index (χ1n) is 5.88. The van der Waals surface area contributed by atoms with Gasteiger partial charge in [0.05, 0.1) is 6.61 Å². The number of likely N-dealkylation sites (N-methyl/N-ethyl adjacent to an activating group) is 1. The Kier molecular flexibility index (Phi) is 3.59. The lowest BCUT2D eigenvalue weighted by Crippen LogP contribution is -2.43. The number of esters is 1. The number of carbonyl (C=O) groups excluding carboxylic acids is 1. The summed E-state index contributed by atoms with van der Waals surface area (Å²) in [6, 6.07) is 0.545. The number of nitrogens with one attached hydrogen (secondary N) is 1. The van der Waals surface area contributed by atoms with Crippen molar-refractivity contribution in [2.24, 2.45) is 0 Å². The minimum atomic E-state index is -0.0327. The highest BCUT2D eigenvalue weighted by Gasteiger charge is 2.33. The summed E-state index contributed by atoms with van der Waals surface area (Å²) in [5, 5.41) is 3.39. The molecule has 15 heavy (non-hydrogen) atoms. The molecule has 2 saturated heterocycles. The van der Waals surface area contributed by atoms with Gasteiger partial charge in [0.15, 0.2) is 0 Å². The van der Waals surface area contributed by atoms with Crippen molar-refractivity contribution in [3.05, 3.63) is 0 Å². The van der Waals surface area contributed by atoms with E-state index >= 15 is 0 Å². The van der Waals surface area contributed by atoms with Crippen LogP contribution in [-0.4, -0.2) is 49.7 Å². The van der Waals surface area contributed by atoms with Crippen LogP contribution in [0.3, 0.4) is 0 Å². The van der Waals surface area contributed by atoms with Gasteiger partial charge in [-0.15, -0.1) is 0 Å². The summed E-state index contributed by atoms with van der Waals surface area (Å²) in [5.74, 6) is -0.0327. The standard InChI is InChI=1S/C11H20N2O2/c1-13(10-5-8-15-11(10)14)9-3-2-6-12-7-4-9/h9-10,12H,2-8H2,1H3. The molecule has 0 aromatic carbocycles. The molecule has 2 unspecified atom stereocenters. The Labute approximate surface area is 91.0 Å². The number of hydrogen-bond donors (Lipinski definition) is 1. The van der Waals surface area contributed by atoms with Crippen LogP contribution in [0, 0.1) is 0 Å². The van der Waals surface area contributed by atoms with Crippen molar-refractivity contribution in [2.75, 3.05) is 26.7 Å². The predicted octanol–water partition coefficient (Wildman–Crippen LogP) is 0.376. The average molecular weight is 212 g/mol. The van der Waals surface area contributed by atoms with Crippen LogP contribution in [-0.2, 0) is 9.53 Å². The molecule has 0 aliphatic carbocycles. The summed E-state index contributed by atoms with van der Waals surface area (Å²) in [7, 11) is 2.06. The van der Waals surface area contributed by atoms with Gasteiger partial charge in [-0.05, 0) is 39.4 Å². The van der Waals surface area contributed by atoms with E-state index in [-0.39, 0.29) is 12.0 Å². The normalized spacial score (nSPS) is 32.8. The molecule has 0 saturated carbocycles. The van der Waals surface area contributed by atoms with Gasteiger partial charge < -0.3 is 10.1 Å². The molecule has 2 rings (SSSR count). The van der Waals surface area contributed by atoms with Gasteiger partial charge in [0, 0.05) is 12.5 Å². The molecule has 0 aromatic rings. The maximum atomic E-state index is 11.5. The van der Waals surface area contributed by atoms with E-state index in [9.17, 15) is 4.79 Å². The molecule has 0 bridgehead atoms. The molecular formula is C11H20N2O2. The third-order valence-corrected chi connectivity index (χ3v) is 3.52. The summed E-state index contributed by atoms with van der Waals surface area (Å²) in [4.78, 5) is 13.7. The summed E-state index contributed by atoms with van der Waals surface area (Å²) >= 11 is 0. The summed E-state index contributed by atoms with van der Waals surface area (Å²) in [6.07, 6.45) is 4.39. The van der Waals surface area contributed by atoms with Crippen molar-refractivity contribution in [2.45, 2.75) is 37.8 Å². The molecule has 2 fully saturated rings. The fourth-order valence-corrected chi connectivity index (χ4v) is 2.52. The fraction of sp³-hybridized carbons (Fsp3) is 0.909. The molecular weight excluding hydrogens is 192 g/mol. The van der Waals surface area contributed by atoms with Gasteiger partial charge in [-0.1, -0.05) is 0 Å². The highest BCUT2D eigenvalue weighted by Crippen LogP contribution is 2.20. The van der Waals surface area contributed by atoms with Crippen LogP contribution in [0.25, 0.3) is 0 Å². The molecule has 4 heteroatoms. The number of hydrogen-bond acceptors (Lipinski definition) is 4. The fourth-order valence-electron chi connectivity index (χ4n) is 2.52. The van der Waals surface area contributed by atoms with Crippen molar-refractivity contribution in [1.82, 2.24) is 10.2 Å². The molecule has 2 aliphatic heterocycles. The van der Waals surface area contributed by atoms with Crippen LogP contribution in [0.2, 0.25) is 0 Å². The lowest BCUT2D eigenvalue weighted by Gasteiger charge is -2.29. The highest BCUT2D eigenvalue weighted by molar-refractivity contribution is 5.77. The van der Waals surface area contributed by atoms with Gasteiger partial charge in [-0.3, -0.25) is 9.69 Å². The van der Waals surface area contributed by atoms with Crippen LogP contribution in [0.4, 0.5) is 0 Å². The van der Waals surface area contributed by atoms with Gasteiger partial charge in [-0.25, -0.2) is 0 Å². The topological polar surface area (TPSA) is 41.6 Å². The van der Waals surface area contributed by atoms with Crippen LogP contribution >= 0.6 is 0 Å². The number of rotatable bonds is 2. The van der Waals surface area contributed by atoms with Gasteiger partial charge in [-0.2, -0.15) is 0 Å². The van der Waals surface area contributed by atoms with E-state index in [1.54, 1.807) is 0 Å². The predicted molar refractivity (Wildman–Crippen MR) is 57.6 cm³/mol. The molecule has 0 amide bonds. The van der Waals surface area contributed by atoms with E-state index in [2.05, 4.69) is 17.3 Å². The van der Waals surface area contributed by atoms with E-state index in [0.29, 0.717) is 12.6 Å². The summed E-state index contributed by atoms with van der Waals surface area (Å²) < 4.78 is 5.01. The second-order valence-electron chi connectivity index (χ2n) is 4.47. The zero-order chi connectivity index (χ0) is 10.7. The van der Waals surface area contributed by atoms with E-state index in [4.69, 9.17) is 4.74 Å². The molecule has 0 spiro atoms. The zero-order valence-corrected chi connectivity index (χ0v) is 9.37. The highest BCUT2D eigenvalue weighted by atomic mass is 16.5. The number of carbonyl (C=O) groups is 1. The molecule has 0 radical (unpaired) electrons. The van der Waals surface area contributed by atoms with Crippen LogP contribution in [0.15, 0.2) is 0 Å². The SMILES string of the molecule is CN(C1CCCNCC1)C1CCOC1=O. The Morgan fingerprint density at radius 2 is 2.20 bits per heavy atom. The monoisotopic (exact) mass is 212 g/mol. The Hall–Kier alpha value is -0.610. The first kappa shape index (κ1) is 10.9. The third-order valence-electron chi connectivity index (χ3n) is 3.52. The van der Waals surface area contributed by atoms with Gasteiger partial charge >= 0.3 is 5.97 Å². The minimum Gasteiger partial charge on any atom is -0.464 e. The van der Waals surface area contributed by atoms with Crippen LogP contribution in [0.5, 0.6) is 0 Å². The largest absolute Gasteiger partial charge is 0.464 e. The Bertz CT molecular complexity index is 225. The lowest BCUT2D eigenvalue weighted by molar-refractivity contribution is -0.142. The minimum absolute atomic E-state index is 0.00750. The van der Waals surface area contributed by atoms with Gasteiger partial charge in [0.2, 0.25) is 0 Å². The second-order valence-corrected chi connectivity index (χ2v) is 4.47. The lowest BCUT2D eigenvalue weighted by atomic mass is 10.1. The Morgan fingerprint density at radius 3 is 2.93 bits per heavy atom. The van der Waals surface area contributed by atoms with Crippen molar-refractivity contribution < 1.29 is 9.53 Å². The molecule has 0 aromatic heterocycles. The van der Waals surface area contributed by atoms with Gasteiger partial charge in [0.1, 0.15) is 6.04 Å². The zero-order valence-electron chi connectivity index (χ0n) is 9.37. The summed E-state index contributed by atoms with van der Waals surface area (Å²) in [5.41, 5.74) is 0. The molecule has 2 heterocycles. The number of ether oxygens (including phenoxy) is 1. The molecule has 1 N–H and O–H groups in total. The summed E-state index contributed by atoms with van der Waals surface area (Å²) in [6.45, 7) is 2.77. The van der Waals surface area contributed by atoms with E-state index < -0.39 is 0 Å². The third kappa shape index (κ3) is 2.49. The van der Waals surface area contributed by atoms with E-state index in [0.717, 1.165) is 25.9 Å². The molecule has 2 aliphatic rings. The van der Waals surface area contributed by atoms with E-state index in [1.807, 2.05) is 0 Å². The maximum Gasteiger partial charge on any atom is 0.323 e. The second kappa shape index (κ2) is 4.94. The van der Waals surface area contributed by atoms with Crippen molar-refractivity contribution >= 4 is 5.97 Å². The Morgan fingerprint density at radius 1 is 1.33 bits per heavy atom. The van der Waals surface area contributed by atoms with Gasteiger partial charge in [0.25, 0.3) is 0 Å². The van der Waals surface area contributed by atoms with Crippen LogP contribution < -0.4 is 5.32 Å². The average Bonchev–Trinajstić information content (AvgIpc) is 2.53. The molecule has 86 valence electrons. The maximum absolute atomic E-state index is 11.5. The first-order valence-corrected chi connectivity index (χ1v) is 5.88. The first-order chi connectivity index (χ1) is 7.29. The molecule has 4 nitrogen and oxygen atoms in total. The van der Waals surface area contributed by atoms with Crippen LogP contribution in [0.1, 0.15) is 25.7 Å². The number of cyclic esters (lactones) is 1. The Balaban J connectivity index is 1.92. The number of nitrogens with zero attached hydrogens (tertiary/aromatic N) is 1. The molecule has 2 atom stereocenters. The van der Waals surface area contributed by atoms with Crippen molar-refractivity contribution in [3.63, 3.8) is 0 Å². The van der Waals surface area contributed by atoms with Crippen molar-refractivity contribution in [1.29, 1.82) is 0 Å².